The number of thiazole rings is 1. The lowest BCUT2D eigenvalue weighted by molar-refractivity contribution is -0.894. The highest BCUT2D eigenvalue weighted by molar-refractivity contribution is 7.22. The molecule has 28 heavy (non-hydrogen) atoms. The maximum Gasteiger partial charge on any atom is 0.229 e. The third-order valence-corrected chi connectivity index (χ3v) is 6.40. The normalized spacial score (nSPS) is 11.3. The zero-order valence-corrected chi connectivity index (χ0v) is 18.0. The van der Waals surface area contributed by atoms with Crippen molar-refractivity contribution >= 4 is 44.2 Å². The molecule has 148 valence electrons. The van der Waals surface area contributed by atoms with Crippen LogP contribution < -0.4 is 9.80 Å². The van der Waals surface area contributed by atoms with Gasteiger partial charge in [0, 0.05) is 6.42 Å². The van der Waals surface area contributed by atoms with Crippen LogP contribution in [0, 0.1) is 0 Å². The number of para-hydroxylation sites is 1. The van der Waals surface area contributed by atoms with Crippen molar-refractivity contribution in [2.75, 3.05) is 31.1 Å². The van der Waals surface area contributed by atoms with E-state index in [2.05, 4.69) is 26.0 Å². The quantitative estimate of drug-likeness (QED) is 0.575. The highest BCUT2D eigenvalue weighted by atomic mass is 35.5. The Morgan fingerprint density at radius 1 is 1.11 bits per heavy atom. The molecule has 0 aliphatic heterocycles. The molecule has 2 aromatic carbocycles. The molecule has 0 atom stereocenters. The summed E-state index contributed by atoms with van der Waals surface area (Å²) >= 11 is 7.84. The third-order valence-electron chi connectivity index (χ3n) is 5.05. The van der Waals surface area contributed by atoms with Crippen LogP contribution in [0.2, 0.25) is 5.02 Å². The Labute approximate surface area is 175 Å². The number of hydrogen-bond donors (Lipinski definition) is 1. The zero-order valence-electron chi connectivity index (χ0n) is 16.5. The molecule has 3 rings (SSSR count). The molecule has 3 aromatic rings. The van der Waals surface area contributed by atoms with Gasteiger partial charge in [-0.3, -0.25) is 9.69 Å². The molecule has 0 aliphatic rings. The molecule has 1 N–H and O–H groups in total. The van der Waals surface area contributed by atoms with Gasteiger partial charge in [0.25, 0.3) is 0 Å². The average Bonchev–Trinajstić information content (AvgIpc) is 3.15. The van der Waals surface area contributed by atoms with Gasteiger partial charge < -0.3 is 4.90 Å². The van der Waals surface area contributed by atoms with E-state index in [0.29, 0.717) is 18.0 Å². The van der Waals surface area contributed by atoms with Gasteiger partial charge in [0.15, 0.2) is 5.13 Å². The molecule has 0 fully saturated rings. The predicted molar refractivity (Wildman–Crippen MR) is 119 cm³/mol. The fraction of sp³-hybridized carbons (Fsp3) is 0.364. The third kappa shape index (κ3) is 5.10. The number of quaternary nitrogens is 1. The van der Waals surface area contributed by atoms with Crippen LogP contribution in [0.4, 0.5) is 5.13 Å². The van der Waals surface area contributed by atoms with Crippen molar-refractivity contribution in [2.24, 2.45) is 0 Å². The molecule has 1 heterocycles. The molecule has 1 aromatic heterocycles. The van der Waals surface area contributed by atoms with Gasteiger partial charge in [-0.1, -0.05) is 59.3 Å². The van der Waals surface area contributed by atoms with E-state index in [4.69, 9.17) is 16.6 Å². The number of aromatic nitrogens is 1. The van der Waals surface area contributed by atoms with Crippen LogP contribution in [-0.2, 0) is 11.2 Å². The molecule has 0 spiro atoms. The SMILES string of the molecule is CC[NH+](CC)CCN(C(=O)CCc1ccccc1)c1nc2c(Cl)cccc2s1. The van der Waals surface area contributed by atoms with Crippen molar-refractivity contribution in [1.29, 1.82) is 0 Å². The zero-order chi connectivity index (χ0) is 19.9. The van der Waals surface area contributed by atoms with E-state index in [1.54, 1.807) is 0 Å². The Bertz CT molecular complexity index is 909. The average molecular weight is 417 g/mol. The summed E-state index contributed by atoms with van der Waals surface area (Å²) in [5.41, 5.74) is 1.96. The summed E-state index contributed by atoms with van der Waals surface area (Å²) in [4.78, 5) is 21.1. The van der Waals surface area contributed by atoms with Crippen LogP contribution >= 0.6 is 22.9 Å². The lowest BCUT2D eigenvalue weighted by atomic mass is 10.1. The second-order valence-corrected chi connectivity index (χ2v) is 8.24. The van der Waals surface area contributed by atoms with Crippen molar-refractivity contribution < 1.29 is 9.69 Å². The summed E-state index contributed by atoms with van der Waals surface area (Å²) in [5, 5.41) is 1.37. The van der Waals surface area contributed by atoms with Crippen LogP contribution in [0.5, 0.6) is 0 Å². The molecule has 0 unspecified atom stereocenters. The first kappa shape index (κ1) is 20.8. The number of amides is 1. The van der Waals surface area contributed by atoms with Gasteiger partial charge in [-0.25, -0.2) is 4.98 Å². The maximum atomic E-state index is 13.1. The number of nitrogens with one attached hydrogen (secondary N) is 1. The van der Waals surface area contributed by atoms with E-state index in [9.17, 15) is 4.79 Å². The molecule has 0 saturated heterocycles. The molecule has 0 aliphatic carbocycles. The molecular formula is C22H27ClN3OS+. The Morgan fingerprint density at radius 2 is 1.86 bits per heavy atom. The minimum Gasteiger partial charge on any atom is -0.334 e. The first-order valence-electron chi connectivity index (χ1n) is 9.85. The van der Waals surface area contributed by atoms with Gasteiger partial charge >= 0.3 is 0 Å². The van der Waals surface area contributed by atoms with Crippen molar-refractivity contribution in [1.82, 2.24) is 4.98 Å². The van der Waals surface area contributed by atoms with Crippen LogP contribution in [0.3, 0.4) is 0 Å². The van der Waals surface area contributed by atoms with Gasteiger partial charge in [0.1, 0.15) is 5.52 Å². The van der Waals surface area contributed by atoms with E-state index in [0.717, 1.165) is 41.4 Å². The number of nitrogens with zero attached hydrogens (tertiary/aromatic N) is 2. The second-order valence-electron chi connectivity index (χ2n) is 6.82. The van der Waals surface area contributed by atoms with Crippen molar-refractivity contribution in [3.63, 3.8) is 0 Å². The Morgan fingerprint density at radius 3 is 2.54 bits per heavy atom. The number of carbonyl (C=O) groups is 1. The predicted octanol–water partition coefficient (Wildman–Crippen LogP) is 3.84. The largest absolute Gasteiger partial charge is 0.334 e. The highest BCUT2D eigenvalue weighted by Gasteiger charge is 2.21. The van der Waals surface area contributed by atoms with Crippen molar-refractivity contribution in [3.8, 4) is 0 Å². The molecule has 0 saturated carbocycles. The van der Waals surface area contributed by atoms with E-state index in [-0.39, 0.29) is 5.91 Å². The summed E-state index contributed by atoms with van der Waals surface area (Å²) < 4.78 is 1.01. The summed E-state index contributed by atoms with van der Waals surface area (Å²) in [6.45, 7) is 8.04. The number of halogens is 1. The number of likely N-dealkylation sites (N-methyl/N-ethyl adjacent to an activating group) is 1. The number of anilines is 1. The smallest absolute Gasteiger partial charge is 0.229 e. The molecule has 6 heteroatoms. The standard InChI is InChI=1S/C22H26ClN3OS/c1-3-25(4-2)15-16-26(20(27)14-13-17-9-6-5-7-10-17)22-24-21-18(23)11-8-12-19(21)28-22/h5-12H,3-4,13-16H2,1-2H3/p+1. The Hall–Kier alpha value is -1.95. The van der Waals surface area contributed by atoms with Gasteiger partial charge in [0.2, 0.25) is 5.91 Å². The second kappa shape index (κ2) is 10.0. The first-order chi connectivity index (χ1) is 13.6. The van der Waals surface area contributed by atoms with Crippen LogP contribution in [0.25, 0.3) is 10.2 Å². The van der Waals surface area contributed by atoms with E-state index in [1.807, 2.05) is 41.3 Å². The molecule has 1 amide bonds. The topological polar surface area (TPSA) is 37.6 Å². The number of aryl methyl sites for hydroxylation is 1. The van der Waals surface area contributed by atoms with Crippen molar-refractivity contribution in [3.05, 3.63) is 59.1 Å². The molecular weight excluding hydrogens is 390 g/mol. The maximum absolute atomic E-state index is 13.1. The van der Waals surface area contributed by atoms with Gasteiger partial charge in [-0.05, 0) is 38.0 Å². The number of hydrogen-bond acceptors (Lipinski definition) is 3. The summed E-state index contributed by atoms with van der Waals surface area (Å²) in [5.74, 6) is 0.116. The Balaban J connectivity index is 1.80. The fourth-order valence-corrected chi connectivity index (χ4v) is 4.56. The first-order valence-corrected chi connectivity index (χ1v) is 11.0. The fourth-order valence-electron chi connectivity index (χ4n) is 3.25. The lowest BCUT2D eigenvalue weighted by Gasteiger charge is -2.23. The molecule has 0 radical (unpaired) electrons. The summed E-state index contributed by atoms with van der Waals surface area (Å²) in [6, 6.07) is 15.9. The van der Waals surface area contributed by atoms with E-state index >= 15 is 0 Å². The highest BCUT2D eigenvalue weighted by Crippen LogP contribution is 2.33. The summed E-state index contributed by atoms with van der Waals surface area (Å²) in [7, 11) is 0. The van der Waals surface area contributed by atoms with Crippen LogP contribution in [0.15, 0.2) is 48.5 Å². The minimum absolute atomic E-state index is 0.116. The van der Waals surface area contributed by atoms with Gasteiger partial charge in [-0.15, -0.1) is 0 Å². The molecule has 0 bridgehead atoms. The Kier molecular flexibility index (Phi) is 7.43. The lowest BCUT2D eigenvalue weighted by Crippen LogP contribution is -3.12. The van der Waals surface area contributed by atoms with Crippen LogP contribution in [-0.4, -0.2) is 37.1 Å². The van der Waals surface area contributed by atoms with Gasteiger partial charge in [-0.2, -0.15) is 0 Å². The minimum atomic E-state index is 0.116. The number of rotatable bonds is 9. The van der Waals surface area contributed by atoms with Gasteiger partial charge in [0.05, 0.1) is 35.9 Å². The van der Waals surface area contributed by atoms with Crippen LogP contribution in [0.1, 0.15) is 25.8 Å². The number of benzene rings is 2. The van der Waals surface area contributed by atoms with Crippen molar-refractivity contribution in [2.45, 2.75) is 26.7 Å². The monoisotopic (exact) mass is 416 g/mol. The summed E-state index contributed by atoms with van der Waals surface area (Å²) in [6.07, 6.45) is 1.21. The molecule has 4 nitrogen and oxygen atoms in total. The number of carbonyl (C=O) groups excluding carboxylic acids is 1. The van der Waals surface area contributed by atoms with E-state index in [1.165, 1.54) is 21.8 Å². The van der Waals surface area contributed by atoms with E-state index < -0.39 is 0 Å². The number of fused-ring (bicyclic) bond motifs is 1.